The Bertz CT molecular complexity index is 910. The van der Waals surface area contributed by atoms with Crippen LogP contribution in [0.25, 0.3) is 6.08 Å². The zero-order valence-electron chi connectivity index (χ0n) is 16.1. The molecule has 0 bridgehead atoms. The number of hydrogen-bond acceptors (Lipinski definition) is 6. The van der Waals surface area contributed by atoms with Crippen LogP contribution in [0.5, 0.6) is 5.75 Å². The Hall–Kier alpha value is -2.16. The van der Waals surface area contributed by atoms with Gasteiger partial charge in [-0.15, -0.1) is 11.3 Å². The van der Waals surface area contributed by atoms with Crippen LogP contribution in [0.1, 0.15) is 30.6 Å². The van der Waals surface area contributed by atoms with Crippen molar-refractivity contribution in [1.82, 2.24) is 4.90 Å². The number of anilines is 1. The SMILES string of the molecule is COc1ccccc1NC(=O)CCCCCN1C(=O)/C(=C\c2cccs2)SC1=S. The Morgan fingerprint density at radius 1 is 1.21 bits per heavy atom. The van der Waals surface area contributed by atoms with E-state index in [2.05, 4.69) is 5.32 Å². The van der Waals surface area contributed by atoms with Crippen LogP contribution >= 0.6 is 35.3 Å². The van der Waals surface area contributed by atoms with Gasteiger partial charge in [-0.1, -0.05) is 48.6 Å². The molecule has 0 aliphatic carbocycles. The van der Waals surface area contributed by atoms with Crippen molar-refractivity contribution in [2.45, 2.75) is 25.7 Å². The Kier molecular flexibility index (Phi) is 7.85. The third kappa shape index (κ3) is 5.91. The summed E-state index contributed by atoms with van der Waals surface area (Å²) in [7, 11) is 1.58. The fourth-order valence-electron chi connectivity index (χ4n) is 2.89. The molecule has 152 valence electrons. The molecule has 0 atom stereocenters. The molecule has 1 fully saturated rings. The number of thiophene rings is 1. The number of hydrogen-bond donors (Lipinski definition) is 1. The lowest BCUT2D eigenvalue weighted by Crippen LogP contribution is -2.29. The quantitative estimate of drug-likeness (QED) is 0.328. The maximum absolute atomic E-state index is 12.6. The summed E-state index contributed by atoms with van der Waals surface area (Å²) >= 11 is 8.31. The second-order valence-electron chi connectivity index (χ2n) is 6.41. The fourth-order valence-corrected chi connectivity index (χ4v) is 4.92. The second kappa shape index (κ2) is 10.6. The molecular formula is C21H22N2O3S3. The summed E-state index contributed by atoms with van der Waals surface area (Å²) in [6, 6.07) is 11.3. The molecule has 1 aliphatic rings. The fraction of sp³-hybridized carbons (Fsp3) is 0.286. The molecule has 1 saturated heterocycles. The highest BCUT2D eigenvalue weighted by Gasteiger charge is 2.31. The zero-order valence-corrected chi connectivity index (χ0v) is 18.5. The first-order chi connectivity index (χ1) is 14.1. The van der Waals surface area contributed by atoms with Gasteiger partial charge in [0.15, 0.2) is 0 Å². The second-order valence-corrected chi connectivity index (χ2v) is 9.06. The molecule has 29 heavy (non-hydrogen) atoms. The average Bonchev–Trinajstić information content (AvgIpc) is 3.31. The van der Waals surface area contributed by atoms with E-state index in [0.29, 0.717) is 33.6 Å². The van der Waals surface area contributed by atoms with E-state index in [9.17, 15) is 9.59 Å². The first kappa shape index (κ1) is 21.5. The molecule has 1 aliphatic heterocycles. The van der Waals surface area contributed by atoms with Crippen LogP contribution in [0, 0.1) is 0 Å². The van der Waals surface area contributed by atoms with Crippen molar-refractivity contribution < 1.29 is 14.3 Å². The lowest BCUT2D eigenvalue weighted by molar-refractivity contribution is -0.122. The summed E-state index contributed by atoms with van der Waals surface area (Å²) in [5.74, 6) is 0.576. The summed E-state index contributed by atoms with van der Waals surface area (Å²) in [5.41, 5.74) is 0.676. The van der Waals surface area contributed by atoms with Crippen molar-refractivity contribution in [2.24, 2.45) is 0 Å². The van der Waals surface area contributed by atoms with E-state index in [4.69, 9.17) is 17.0 Å². The molecule has 0 spiro atoms. The molecule has 2 amide bonds. The molecule has 1 N–H and O–H groups in total. The lowest BCUT2D eigenvalue weighted by Gasteiger charge is -2.14. The Morgan fingerprint density at radius 2 is 2.03 bits per heavy atom. The molecule has 0 unspecified atom stereocenters. The molecule has 8 heteroatoms. The highest BCUT2D eigenvalue weighted by atomic mass is 32.2. The first-order valence-electron chi connectivity index (χ1n) is 9.30. The van der Waals surface area contributed by atoms with Gasteiger partial charge in [0.1, 0.15) is 10.1 Å². The van der Waals surface area contributed by atoms with Gasteiger partial charge in [-0.25, -0.2) is 0 Å². The number of carbonyl (C=O) groups excluding carboxylic acids is 2. The standard InChI is InChI=1S/C21H22N2O3S3/c1-26-17-10-5-4-9-16(17)22-19(24)11-3-2-6-12-23-20(25)18(29-21(23)27)14-15-8-7-13-28-15/h4-5,7-10,13-14H,2-3,6,11-12H2,1H3,(H,22,24)/b18-14+. The molecule has 1 aromatic carbocycles. The van der Waals surface area contributed by atoms with Gasteiger partial charge in [0.05, 0.1) is 17.7 Å². The van der Waals surface area contributed by atoms with E-state index < -0.39 is 0 Å². The van der Waals surface area contributed by atoms with Crippen LogP contribution < -0.4 is 10.1 Å². The molecule has 3 rings (SSSR count). The summed E-state index contributed by atoms with van der Waals surface area (Å²) in [6.07, 6.45) is 4.72. The third-order valence-electron chi connectivity index (χ3n) is 4.36. The van der Waals surface area contributed by atoms with Gasteiger partial charge in [0.25, 0.3) is 5.91 Å². The van der Waals surface area contributed by atoms with Gasteiger partial charge in [-0.3, -0.25) is 14.5 Å². The van der Waals surface area contributed by atoms with Crippen molar-refractivity contribution in [3.8, 4) is 5.75 Å². The zero-order chi connectivity index (χ0) is 20.6. The Labute approximate surface area is 184 Å². The van der Waals surface area contributed by atoms with Crippen molar-refractivity contribution in [1.29, 1.82) is 0 Å². The van der Waals surface area contributed by atoms with E-state index in [1.54, 1.807) is 23.3 Å². The number of thioether (sulfide) groups is 1. The van der Waals surface area contributed by atoms with E-state index in [-0.39, 0.29) is 11.8 Å². The summed E-state index contributed by atoms with van der Waals surface area (Å²) in [4.78, 5) is 28.1. The molecule has 0 radical (unpaired) electrons. The van der Waals surface area contributed by atoms with Crippen LogP contribution in [-0.4, -0.2) is 34.7 Å². The van der Waals surface area contributed by atoms with Crippen molar-refractivity contribution in [3.05, 3.63) is 51.6 Å². The van der Waals surface area contributed by atoms with Crippen LogP contribution in [0.15, 0.2) is 46.7 Å². The predicted molar refractivity (Wildman–Crippen MR) is 124 cm³/mol. The van der Waals surface area contributed by atoms with Crippen molar-refractivity contribution >= 4 is 63.2 Å². The predicted octanol–water partition coefficient (Wildman–Crippen LogP) is 5.16. The first-order valence-corrected chi connectivity index (χ1v) is 11.4. The number of benzene rings is 1. The average molecular weight is 447 g/mol. The van der Waals surface area contributed by atoms with E-state index in [1.165, 1.54) is 11.8 Å². The van der Waals surface area contributed by atoms with Crippen LogP contribution in [0.4, 0.5) is 5.69 Å². The smallest absolute Gasteiger partial charge is 0.266 e. The molecule has 0 saturated carbocycles. The summed E-state index contributed by atoms with van der Waals surface area (Å²) < 4.78 is 5.84. The molecule has 5 nitrogen and oxygen atoms in total. The Balaban J connectivity index is 1.40. The van der Waals surface area contributed by atoms with Crippen LogP contribution in [-0.2, 0) is 9.59 Å². The summed E-state index contributed by atoms with van der Waals surface area (Å²) in [5, 5.41) is 4.86. The topological polar surface area (TPSA) is 58.6 Å². The minimum atomic E-state index is -0.0426. The molecule has 1 aromatic heterocycles. The number of thiocarbonyl (C=S) groups is 1. The van der Waals surface area contributed by atoms with Gasteiger partial charge in [-0.2, -0.15) is 0 Å². The number of unbranched alkanes of at least 4 members (excludes halogenated alkanes) is 2. The number of carbonyl (C=O) groups is 2. The third-order valence-corrected chi connectivity index (χ3v) is 6.55. The number of amides is 2. The van der Waals surface area contributed by atoms with E-state index in [0.717, 1.165) is 24.1 Å². The highest BCUT2D eigenvalue weighted by molar-refractivity contribution is 8.26. The molecule has 2 aromatic rings. The lowest BCUT2D eigenvalue weighted by atomic mass is 10.1. The number of rotatable bonds is 9. The Morgan fingerprint density at radius 3 is 2.79 bits per heavy atom. The van der Waals surface area contributed by atoms with Gasteiger partial charge in [-0.05, 0) is 42.5 Å². The largest absolute Gasteiger partial charge is 0.495 e. The van der Waals surface area contributed by atoms with Gasteiger partial charge < -0.3 is 10.1 Å². The molecular weight excluding hydrogens is 424 g/mol. The van der Waals surface area contributed by atoms with E-state index >= 15 is 0 Å². The summed E-state index contributed by atoms with van der Waals surface area (Å²) in [6.45, 7) is 0.584. The minimum absolute atomic E-state index is 0.0256. The van der Waals surface area contributed by atoms with Gasteiger partial charge in [0.2, 0.25) is 5.91 Å². The maximum Gasteiger partial charge on any atom is 0.266 e. The van der Waals surface area contributed by atoms with Gasteiger partial charge >= 0.3 is 0 Å². The number of nitrogens with zero attached hydrogens (tertiary/aromatic N) is 1. The monoisotopic (exact) mass is 446 g/mol. The normalized spacial score (nSPS) is 15.2. The highest BCUT2D eigenvalue weighted by Crippen LogP contribution is 2.33. The van der Waals surface area contributed by atoms with Gasteiger partial charge in [0, 0.05) is 17.8 Å². The van der Waals surface area contributed by atoms with Crippen LogP contribution in [0.3, 0.4) is 0 Å². The maximum atomic E-state index is 12.6. The van der Waals surface area contributed by atoms with Crippen molar-refractivity contribution in [2.75, 3.05) is 19.0 Å². The number of ether oxygens (including phenoxy) is 1. The number of para-hydroxylation sites is 2. The molecule has 2 heterocycles. The van der Waals surface area contributed by atoms with E-state index in [1.807, 2.05) is 47.9 Å². The van der Waals surface area contributed by atoms with Crippen LogP contribution in [0.2, 0.25) is 0 Å². The van der Waals surface area contributed by atoms with Crippen molar-refractivity contribution in [3.63, 3.8) is 0 Å². The minimum Gasteiger partial charge on any atom is -0.495 e. The number of nitrogens with one attached hydrogen (secondary N) is 1. The number of methoxy groups -OCH3 is 1.